The van der Waals surface area contributed by atoms with Crippen molar-refractivity contribution in [3.63, 3.8) is 0 Å². The zero-order valence-electron chi connectivity index (χ0n) is 15.2. The fraction of sp³-hybridized carbons (Fsp3) is 0.381. The number of aryl methyl sites for hydroxylation is 1. The Morgan fingerprint density at radius 2 is 1.78 bits per heavy atom. The van der Waals surface area contributed by atoms with E-state index in [4.69, 9.17) is 0 Å². The van der Waals surface area contributed by atoms with Crippen LogP contribution in [0.3, 0.4) is 0 Å². The van der Waals surface area contributed by atoms with Crippen molar-refractivity contribution in [3.05, 3.63) is 65.2 Å². The van der Waals surface area contributed by atoms with Crippen LogP contribution in [0.2, 0.25) is 0 Å². The summed E-state index contributed by atoms with van der Waals surface area (Å²) in [6, 6.07) is 15.2. The average Bonchev–Trinajstić information content (AvgIpc) is 2.68. The Morgan fingerprint density at radius 3 is 2.56 bits per heavy atom. The largest absolute Gasteiger partial charge is 0.345 e. The summed E-state index contributed by atoms with van der Waals surface area (Å²) in [6.45, 7) is 0.507. The molecule has 1 amide bonds. The molecular weight excluding hydrogens is 360 g/mol. The first-order chi connectivity index (χ1) is 13.0. The van der Waals surface area contributed by atoms with Crippen LogP contribution in [-0.2, 0) is 16.4 Å². The number of nitrogens with zero attached hydrogens (tertiary/aromatic N) is 1. The van der Waals surface area contributed by atoms with Crippen molar-refractivity contribution in [2.24, 2.45) is 0 Å². The topological polar surface area (TPSA) is 66.5 Å². The van der Waals surface area contributed by atoms with Gasteiger partial charge in [-0.1, -0.05) is 24.3 Å². The second-order valence-electron chi connectivity index (χ2n) is 7.26. The molecule has 0 saturated carbocycles. The molecule has 27 heavy (non-hydrogen) atoms. The van der Waals surface area contributed by atoms with Gasteiger partial charge in [-0.05, 0) is 67.5 Å². The molecule has 1 aliphatic carbocycles. The predicted molar refractivity (Wildman–Crippen MR) is 106 cm³/mol. The summed E-state index contributed by atoms with van der Waals surface area (Å²) in [4.78, 5) is 12.7. The SMILES string of the molecule is O=C(N[C@@H]1CCCc2ccccc21)c1ccc(N2CCCCS2(=O)=O)cc1. The lowest BCUT2D eigenvalue weighted by Gasteiger charge is -2.28. The van der Waals surface area contributed by atoms with E-state index in [1.807, 2.05) is 12.1 Å². The third-order valence-electron chi connectivity index (χ3n) is 5.44. The molecule has 6 heteroatoms. The molecule has 2 aromatic rings. The number of sulfonamides is 1. The fourth-order valence-corrected chi connectivity index (χ4v) is 5.64. The van der Waals surface area contributed by atoms with Crippen molar-refractivity contribution in [2.45, 2.75) is 38.1 Å². The van der Waals surface area contributed by atoms with Crippen molar-refractivity contribution >= 4 is 21.6 Å². The van der Waals surface area contributed by atoms with Gasteiger partial charge in [-0.25, -0.2) is 8.42 Å². The van der Waals surface area contributed by atoms with E-state index in [0.29, 0.717) is 24.2 Å². The lowest BCUT2D eigenvalue weighted by Crippen LogP contribution is -2.37. The number of nitrogens with one attached hydrogen (secondary N) is 1. The maximum Gasteiger partial charge on any atom is 0.251 e. The summed E-state index contributed by atoms with van der Waals surface area (Å²) in [6.07, 6.45) is 4.63. The third kappa shape index (κ3) is 3.72. The fourth-order valence-electron chi connectivity index (χ4n) is 4.00. The van der Waals surface area contributed by atoms with E-state index in [2.05, 4.69) is 17.4 Å². The first-order valence-electron chi connectivity index (χ1n) is 9.54. The molecule has 1 fully saturated rings. The van der Waals surface area contributed by atoms with E-state index in [0.717, 1.165) is 25.7 Å². The highest BCUT2D eigenvalue weighted by Gasteiger charge is 2.26. The second-order valence-corrected chi connectivity index (χ2v) is 9.27. The van der Waals surface area contributed by atoms with Gasteiger partial charge in [-0.15, -0.1) is 0 Å². The number of anilines is 1. The molecule has 2 aliphatic rings. The highest BCUT2D eigenvalue weighted by molar-refractivity contribution is 7.92. The van der Waals surface area contributed by atoms with Gasteiger partial charge in [0.1, 0.15) is 0 Å². The first-order valence-corrected chi connectivity index (χ1v) is 11.1. The minimum absolute atomic E-state index is 0.0320. The van der Waals surface area contributed by atoms with Crippen LogP contribution in [0.4, 0.5) is 5.69 Å². The Balaban J connectivity index is 1.49. The van der Waals surface area contributed by atoms with Crippen molar-refractivity contribution in [2.75, 3.05) is 16.6 Å². The normalized spacial score (nSPS) is 21.3. The molecule has 0 unspecified atom stereocenters. The zero-order valence-corrected chi connectivity index (χ0v) is 16.0. The molecule has 0 radical (unpaired) electrons. The highest BCUT2D eigenvalue weighted by Crippen LogP contribution is 2.30. The van der Waals surface area contributed by atoms with Gasteiger partial charge >= 0.3 is 0 Å². The number of fused-ring (bicyclic) bond motifs is 1. The average molecular weight is 385 g/mol. The molecule has 4 rings (SSSR count). The maximum atomic E-state index is 12.7. The number of hydrogen-bond donors (Lipinski definition) is 1. The van der Waals surface area contributed by atoms with Gasteiger partial charge in [-0.3, -0.25) is 9.10 Å². The third-order valence-corrected chi connectivity index (χ3v) is 7.31. The van der Waals surface area contributed by atoms with Gasteiger partial charge in [-0.2, -0.15) is 0 Å². The van der Waals surface area contributed by atoms with Crippen LogP contribution in [0.15, 0.2) is 48.5 Å². The summed E-state index contributed by atoms with van der Waals surface area (Å²) in [5, 5.41) is 3.14. The predicted octanol–water partition coefficient (Wildman–Crippen LogP) is 3.42. The minimum atomic E-state index is -3.23. The number of carbonyl (C=O) groups is 1. The molecule has 1 aliphatic heterocycles. The molecule has 5 nitrogen and oxygen atoms in total. The van der Waals surface area contributed by atoms with Crippen LogP contribution in [0.5, 0.6) is 0 Å². The highest BCUT2D eigenvalue weighted by atomic mass is 32.2. The van der Waals surface area contributed by atoms with Crippen molar-refractivity contribution in [3.8, 4) is 0 Å². The lowest BCUT2D eigenvalue weighted by molar-refractivity contribution is 0.0933. The summed E-state index contributed by atoms with van der Waals surface area (Å²) < 4.78 is 25.9. The molecule has 1 atom stereocenters. The molecular formula is C21H24N2O3S. The number of rotatable bonds is 3. The molecule has 0 aromatic heterocycles. The Labute approximate surface area is 160 Å². The van der Waals surface area contributed by atoms with Crippen molar-refractivity contribution < 1.29 is 13.2 Å². The van der Waals surface area contributed by atoms with E-state index < -0.39 is 10.0 Å². The summed E-state index contributed by atoms with van der Waals surface area (Å²) in [5.41, 5.74) is 3.69. The second kappa shape index (κ2) is 7.35. The number of amides is 1. The zero-order chi connectivity index (χ0) is 18.9. The molecule has 0 spiro atoms. The van der Waals surface area contributed by atoms with Gasteiger partial charge in [0.2, 0.25) is 10.0 Å². The van der Waals surface area contributed by atoms with E-state index in [9.17, 15) is 13.2 Å². The lowest BCUT2D eigenvalue weighted by atomic mass is 9.87. The number of carbonyl (C=O) groups excluding carboxylic acids is 1. The quantitative estimate of drug-likeness (QED) is 0.882. The maximum absolute atomic E-state index is 12.7. The molecule has 142 valence electrons. The molecule has 1 N–H and O–H groups in total. The summed E-state index contributed by atoms with van der Waals surface area (Å²) in [7, 11) is -3.23. The summed E-state index contributed by atoms with van der Waals surface area (Å²) in [5.74, 6) is 0.0702. The van der Waals surface area contributed by atoms with E-state index in [-0.39, 0.29) is 17.7 Å². The van der Waals surface area contributed by atoms with Gasteiger partial charge in [0.15, 0.2) is 0 Å². The molecule has 2 aromatic carbocycles. The van der Waals surface area contributed by atoms with Crippen LogP contribution in [0, 0.1) is 0 Å². The van der Waals surface area contributed by atoms with Crippen LogP contribution >= 0.6 is 0 Å². The van der Waals surface area contributed by atoms with Crippen molar-refractivity contribution in [1.29, 1.82) is 0 Å². The number of benzene rings is 2. The van der Waals surface area contributed by atoms with Crippen LogP contribution in [0.25, 0.3) is 0 Å². The van der Waals surface area contributed by atoms with Gasteiger partial charge < -0.3 is 5.32 Å². The van der Waals surface area contributed by atoms with Gasteiger partial charge in [0.05, 0.1) is 17.5 Å². The Hall–Kier alpha value is -2.34. The van der Waals surface area contributed by atoms with Gasteiger partial charge in [0, 0.05) is 12.1 Å². The smallest absolute Gasteiger partial charge is 0.251 e. The Morgan fingerprint density at radius 1 is 1.00 bits per heavy atom. The Kier molecular flexibility index (Phi) is 4.91. The van der Waals surface area contributed by atoms with E-state index in [1.54, 1.807) is 24.3 Å². The van der Waals surface area contributed by atoms with Crippen LogP contribution in [0.1, 0.15) is 53.2 Å². The standard InChI is InChI=1S/C21H24N2O3S/c24-21(22-20-9-5-7-16-6-1-2-8-19(16)20)17-10-12-18(13-11-17)23-14-3-4-15-27(23,25)26/h1-2,6,8,10-13,20H,3-5,7,9,14-15H2,(H,22,24)/t20-/m1/s1. The first kappa shape index (κ1) is 18.0. The summed E-state index contributed by atoms with van der Waals surface area (Å²) >= 11 is 0. The monoisotopic (exact) mass is 384 g/mol. The van der Waals surface area contributed by atoms with Crippen molar-refractivity contribution in [1.82, 2.24) is 5.32 Å². The van der Waals surface area contributed by atoms with E-state index >= 15 is 0 Å². The van der Waals surface area contributed by atoms with E-state index in [1.165, 1.54) is 15.4 Å². The minimum Gasteiger partial charge on any atom is -0.345 e. The molecule has 1 heterocycles. The van der Waals surface area contributed by atoms with Crippen LogP contribution < -0.4 is 9.62 Å². The van der Waals surface area contributed by atoms with Crippen LogP contribution in [-0.4, -0.2) is 26.6 Å². The Bertz CT molecular complexity index is 938. The molecule has 1 saturated heterocycles. The van der Waals surface area contributed by atoms with Gasteiger partial charge in [0.25, 0.3) is 5.91 Å². The molecule has 0 bridgehead atoms. The number of hydrogen-bond acceptors (Lipinski definition) is 3.